The molecule has 1 amide bonds. The van der Waals surface area contributed by atoms with E-state index in [0.717, 1.165) is 5.56 Å². The van der Waals surface area contributed by atoms with E-state index in [0.29, 0.717) is 5.69 Å². The summed E-state index contributed by atoms with van der Waals surface area (Å²) in [6.45, 7) is 1.77. The summed E-state index contributed by atoms with van der Waals surface area (Å²) in [6, 6.07) is 2.92. The zero-order valence-corrected chi connectivity index (χ0v) is 13.5. The zero-order chi connectivity index (χ0) is 16.2. The van der Waals surface area contributed by atoms with Gasteiger partial charge in [-0.15, -0.1) is 0 Å². The average molecular weight is 315 g/mol. The predicted molar refractivity (Wildman–Crippen MR) is 80.6 cm³/mol. The molecule has 21 heavy (non-hydrogen) atoms. The van der Waals surface area contributed by atoms with Crippen LogP contribution in [0, 0.1) is 6.92 Å². The van der Waals surface area contributed by atoms with E-state index in [9.17, 15) is 13.2 Å². The minimum Gasteiger partial charge on any atom is -0.495 e. The second-order valence-corrected chi connectivity index (χ2v) is 6.53. The lowest BCUT2D eigenvalue weighted by Crippen LogP contribution is -2.30. The third-order valence-electron chi connectivity index (χ3n) is 2.97. The van der Waals surface area contributed by atoms with Crippen molar-refractivity contribution in [3.05, 3.63) is 17.7 Å². The maximum Gasteiger partial charge on any atom is 0.244 e. The predicted octanol–water partition coefficient (Wildman–Crippen LogP) is 0.342. The second kappa shape index (κ2) is 6.77. The van der Waals surface area contributed by atoms with Crippen molar-refractivity contribution in [1.29, 1.82) is 0 Å². The van der Waals surface area contributed by atoms with Gasteiger partial charge in [-0.05, 0) is 24.6 Å². The SMILES string of the molecule is COc1cc(C)c(N)cc1S(=O)(=O)NCCC(=O)N(C)C. The van der Waals surface area contributed by atoms with E-state index in [1.54, 1.807) is 27.1 Å². The van der Waals surface area contributed by atoms with Crippen molar-refractivity contribution in [2.24, 2.45) is 0 Å². The molecule has 0 saturated heterocycles. The van der Waals surface area contributed by atoms with Crippen LogP contribution in [0.5, 0.6) is 5.75 Å². The monoisotopic (exact) mass is 315 g/mol. The number of carbonyl (C=O) groups excluding carboxylic acids is 1. The lowest BCUT2D eigenvalue weighted by molar-refractivity contribution is -0.128. The van der Waals surface area contributed by atoms with Crippen LogP contribution in [0.2, 0.25) is 0 Å². The summed E-state index contributed by atoms with van der Waals surface area (Å²) >= 11 is 0. The van der Waals surface area contributed by atoms with Gasteiger partial charge in [-0.1, -0.05) is 0 Å². The van der Waals surface area contributed by atoms with Crippen LogP contribution in [0.25, 0.3) is 0 Å². The van der Waals surface area contributed by atoms with Crippen molar-refractivity contribution < 1.29 is 17.9 Å². The fourth-order valence-corrected chi connectivity index (χ4v) is 2.86. The van der Waals surface area contributed by atoms with Gasteiger partial charge in [0.05, 0.1) is 7.11 Å². The highest BCUT2D eigenvalue weighted by Crippen LogP contribution is 2.28. The number of nitrogens with one attached hydrogen (secondary N) is 1. The molecular formula is C13H21N3O4S. The molecule has 7 nitrogen and oxygen atoms in total. The van der Waals surface area contributed by atoms with Crippen LogP contribution in [0.3, 0.4) is 0 Å². The molecule has 0 spiro atoms. The molecule has 0 fully saturated rings. The van der Waals surface area contributed by atoms with Crippen LogP contribution in [0.1, 0.15) is 12.0 Å². The number of hydrogen-bond donors (Lipinski definition) is 2. The molecule has 0 heterocycles. The molecule has 0 aliphatic heterocycles. The van der Waals surface area contributed by atoms with Crippen molar-refractivity contribution in [2.45, 2.75) is 18.2 Å². The minimum absolute atomic E-state index is 0.0102. The largest absolute Gasteiger partial charge is 0.495 e. The maximum absolute atomic E-state index is 12.3. The van der Waals surface area contributed by atoms with E-state index in [2.05, 4.69) is 4.72 Å². The molecule has 118 valence electrons. The van der Waals surface area contributed by atoms with Crippen molar-refractivity contribution in [1.82, 2.24) is 9.62 Å². The van der Waals surface area contributed by atoms with Crippen molar-refractivity contribution in [2.75, 3.05) is 33.5 Å². The minimum atomic E-state index is -3.79. The number of nitrogens with zero attached hydrogens (tertiary/aromatic N) is 1. The summed E-state index contributed by atoms with van der Waals surface area (Å²) in [6.07, 6.45) is 0.0793. The van der Waals surface area contributed by atoms with Gasteiger partial charge in [-0.25, -0.2) is 13.1 Å². The van der Waals surface area contributed by atoms with Gasteiger partial charge in [0.1, 0.15) is 10.6 Å². The number of methoxy groups -OCH3 is 1. The molecule has 8 heteroatoms. The first-order valence-electron chi connectivity index (χ1n) is 6.33. The Balaban J connectivity index is 2.93. The second-order valence-electron chi connectivity index (χ2n) is 4.80. The summed E-state index contributed by atoms with van der Waals surface area (Å²) < 4.78 is 32.0. The summed E-state index contributed by atoms with van der Waals surface area (Å²) in [5, 5.41) is 0. The number of sulfonamides is 1. The number of rotatable bonds is 6. The van der Waals surface area contributed by atoms with E-state index in [1.165, 1.54) is 18.1 Å². The number of carbonyl (C=O) groups is 1. The van der Waals surface area contributed by atoms with E-state index >= 15 is 0 Å². The molecule has 0 saturated carbocycles. The van der Waals surface area contributed by atoms with Gasteiger partial charge in [0, 0.05) is 32.7 Å². The van der Waals surface area contributed by atoms with E-state index in [-0.39, 0.29) is 29.5 Å². The number of nitrogen functional groups attached to an aromatic ring is 1. The van der Waals surface area contributed by atoms with Crippen molar-refractivity contribution >= 4 is 21.6 Å². The van der Waals surface area contributed by atoms with Crippen molar-refractivity contribution in [3.8, 4) is 5.75 Å². The molecule has 1 rings (SSSR count). The van der Waals surface area contributed by atoms with Crippen LogP contribution >= 0.6 is 0 Å². The Morgan fingerprint density at radius 2 is 2.00 bits per heavy atom. The topological polar surface area (TPSA) is 102 Å². The summed E-state index contributed by atoms with van der Waals surface area (Å²) in [5.41, 5.74) is 6.84. The Kier molecular flexibility index (Phi) is 5.56. The number of amides is 1. The quantitative estimate of drug-likeness (QED) is 0.737. The highest BCUT2D eigenvalue weighted by Gasteiger charge is 2.21. The summed E-state index contributed by atoms with van der Waals surface area (Å²) in [5.74, 6) is 0.0567. The molecular weight excluding hydrogens is 294 g/mol. The first-order chi connectivity index (χ1) is 9.69. The highest BCUT2D eigenvalue weighted by molar-refractivity contribution is 7.89. The van der Waals surface area contributed by atoms with Crippen molar-refractivity contribution in [3.63, 3.8) is 0 Å². The van der Waals surface area contributed by atoms with Gasteiger partial charge in [0.2, 0.25) is 15.9 Å². The Morgan fingerprint density at radius 3 is 2.52 bits per heavy atom. The van der Waals surface area contributed by atoms with Crippen LogP contribution in [-0.2, 0) is 14.8 Å². The Morgan fingerprint density at radius 1 is 1.38 bits per heavy atom. The lowest BCUT2D eigenvalue weighted by Gasteiger charge is -2.14. The molecule has 0 aliphatic carbocycles. The first-order valence-corrected chi connectivity index (χ1v) is 7.81. The number of anilines is 1. The number of nitrogens with two attached hydrogens (primary N) is 1. The van der Waals surface area contributed by atoms with Gasteiger partial charge in [0.25, 0.3) is 0 Å². The zero-order valence-electron chi connectivity index (χ0n) is 12.6. The lowest BCUT2D eigenvalue weighted by atomic mass is 10.2. The molecule has 0 unspecified atom stereocenters. The summed E-state index contributed by atoms with van der Waals surface area (Å²) in [4.78, 5) is 12.8. The third-order valence-corrected chi connectivity index (χ3v) is 4.45. The highest BCUT2D eigenvalue weighted by atomic mass is 32.2. The number of benzene rings is 1. The first kappa shape index (κ1) is 17.3. The third kappa shape index (κ3) is 4.33. The number of aryl methyl sites for hydroxylation is 1. The molecule has 3 N–H and O–H groups in total. The van der Waals surface area contributed by atoms with Gasteiger partial charge < -0.3 is 15.4 Å². The Bertz CT molecular complexity index is 627. The maximum atomic E-state index is 12.3. The molecule has 1 aromatic carbocycles. The molecule has 0 atom stereocenters. The van der Waals surface area contributed by atoms with E-state index in [4.69, 9.17) is 10.5 Å². The molecule has 0 aliphatic rings. The fraction of sp³-hybridized carbons (Fsp3) is 0.462. The van der Waals surface area contributed by atoms with Gasteiger partial charge in [-0.3, -0.25) is 4.79 Å². The van der Waals surface area contributed by atoms with Gasteiger partial charge in [0.15, 0.2) is 0 Å². The van der Waals surface area contributed by atoms with E-state index < -0.39 is 10.0 Å². The molecule has 1 aromatic rings. The van der Waals surface area contributed by atoms with Crippen LogP contribution in [-0.4, -0.2) is 47.0 Å². The van der Waals surface area contributed by atoms with Gasteiger partial charge >= 0.3 is 0 Å². The summed E-state index contributed by atoms with van der Waals surface area (Å²) in [7, 11) is 0.822. The normalized spacial score (nSPS) is 11.2. The van der Waals surface area contributed by atoms with E-state index in [1.807, 2.05) is 0 Å². The fourth-order valence-electron chi connectivity index (χ4n) is 1.64. The number of ether oxygens (including phenoxy) is 1. The Labute approximate surface area is 125 Å². The average Bonchev–Trinajstić information content (AvgIpc) is 2.40. The smallest absolute Gasteiger partial charge is 0.244 e. The number of hydrogen-bond acceptors (Lipinski definition) is 5. The standard InChI is InChI=1S/C13H21N3O4S/c1-9-7-11(20-4)12(8-10(9)14)21(18,19)15-6-5-13(17)16(2)3/h7-8,15H,5-6,14H2,1-4H3. The van der Waals surface area contributed by atoms with Gasteiger partial charge in [-0.2, -0.15) is 0 Å². The molecule has 0 radical (unpaired) electrons. The molecule has 0 aromatic heterocycles. The van der Waals surface area contributed by atoms with Crippen LogP contribution in [0.15, 0.2) is 17.0 Å². The molecule has 0 bridgehead atoms. The van der Waals surface area contributed by atoms with Crippen LogP contribution in [0.4, 0.5) is 5.69 Å². The van der Waals surface area contributed by atoms with Crippen LogP contribution < -0.4 is 15.2 Å². The Hall–Kier alpha value is -1.80.